The van der Waals surface area contributed by atoms with E-state index in [2.05, 4.69) is 38.9 Å². The number of aromatic nitrogens is 3. The summed E-state index contributed by atoms with van der Waals surface area (Å²) in [6.45, 7) is 2.19. The molecule has 0 amide bonds. The van der Waals surface area contributed by atoms with E-state index in [1.807, 2.05) is 24.8 Å². The molecular weight excluding hydrogens is 236 g/mol. The van der Waals surface area contributed by atoms with Crippen LogP contribution < -0.4 is 5.32 Å². The minimum absolute atomic E-state index is 0.273. The molecule has 2 heterocycles. The summed E-state index contributed by atoms with van der Waals surface area (Å²) in [5.41, 5.74) is 1.25. The summed E-state index contributed by atoms with van der Waals surface area (Å²) in [5, 5.41) is 3.58. The van der Waals surface area contributed by atoms with Gasteiger partial charge in [-0.2, -0.15) is 0 Å². The molecule has 2 aromatic rings. The lowest BCUT2D eigenvalue weighted by Crippen LogP contribution is -2.19. The minimum Gasteiger partial charge on any atom is -0.353 e. The number of nitrogens with one attached hydrogen (secondary N) is 1. The zero-order valence-corrected chi connectivity index (χ0v) is 11.3. The van der Waals surface area contributed by atoms with Crippen LogP contribution in [-0.2, 0) is 0 Å². The number of imidazole rings is 1. The van der Waals surface area contributed by atoms with Gasteiger partial charge in [0.15, 0.2) is 0 Å². The predicted molar refractivity (Wildman–Crippen MR) is 76.2 cm³/mol. The summed E-state index contributed by atoms with van der Waals surface area (Å²) < 4.78 is 2.20. The molecule has 100 valence electrons. The number of hydrogen-bond donors (Lipinski definition) is 1. The first kappa shape index (κ1) is 12.2. The molecule has 0 spiro atoms. The molecule has 0 aromatic carbocycles. The lowest BCUT2D eigenvalue weighted by molar-refractivity contribution is 0.629. The summed E-state index contributed by atoms with van der Waals surface area (Å²) in [6.07, 6.45) is 12.8. The Balaban J connectivity index is 1.79. The maximum Gasteiger partial charge on any atom is 0.203 e. The quantitative estimate of drug-likeness (QED) is 0.913. The number of rotatable bonds is 4. The van der Waals surface area contributed by atoms with Gasteiger partial charge in [-0.25, -0.2) is 4.98 Å². The average Bonchev–Trinajstić information content (AvgIpc) is 3.11. The molecule has 19 heavy (non-hydrogen) atoms. The zero-order valence-electron chi connectivity index (χ0n) is 11.3. The number of anilines is 1. The van der Waals surface area contributed by atoms with E-state index in [1.165, 1.54) is 31.2 Å². The molecule has 0 saturated heterocycles. The summed E-state index contributed by atoms with van der Waals surface area (Å²) in [4.78, 5) is 8.54. The average molecular weight is 256 g/mol. The maximum atomic E-state index is 4.46. The van der Waals surface area contributed by atoms with E-state index in [4.69, 9.17) is 0 Å². The first-order chi connectivity index (χ1) is 9.34. The molecule has 1 aliphatic rings. The number of hydrogen-bond acceptors (Lipinski definition) is 3. The van der Waals surface area contributed by atoms with E-state index in [1.54, 1.807) is 0 Å². The van der Waals surface area contributed by atoms with E-state index in [0.717, 1.165) is 5.95 Å². The second-order valence-electron chi connectivity index (χ2n) is 5.24. The first-order valence-electron chi connectivity index (χ1n) is 7.04. The van der Waals surface area contributed by atoms with E-state index < -0.39 is 0 Å². The van der Waals surface area contributed by atoms with Gasteiger partial charge in [0.25, 0.3) is 0 Å². The number of nitrogens with zero attached hydrogens (tertiary/aromatic N) is 3. The molecule has 4 nitrogen and oxygen atoms in total. The smallest absolute Gasteiger partial charge is 0.203 e. The van der Waals surface area contributed by atoms with Crippen molar-refractivity contribution in [3.8, 4) is 0 Å². The Kier molecular flexibility index (Phi) is 3.49. The van der Waals surface area contributed by atoms with E-state index in [9.17, 15) is 0 Å². The van der Waals surface area contributed by atoms with Gasteiger partial charge in [0.2, 0.25) is 5.95 Å². The fourth-order valence-electron chi connectivity index (χ4n) is 2.79. The molecule has 1 atom stereocenters. The Bertz CT molecular complexity index is 514. The van der Waals surface area contributed by atoms with Crippen LogP contribution in [0.3, 0.4) is 0 Å². The highest BCUT2D eigenvalue weighted by Gasteiger charge is 2.18. The third-order valence-corrected chi connectivity index (χ3v) is 3.96. The molecular formula is C15H20N4. The van der Waals surface area contributed by atoms with Crippen molar-refractivity contribution in [1.29, 1.82) is 0 Å². The molecule has 4 heteroatoms. The van der Waals surface area contributed by atoms with Crippen LogP contribution in [0.15, 0.2) is 36.9 Å². The zero-order chi connectivity index (χ0) is 13.1. The van der Waals surface area contributed by atoms with Gasteiger partial charge in [-0.15, -0.1) is 0 Å². The van der Waals surface area contributed by atoms with Crippen LogP contribution in [-0.4, -0.2) is 20.6 Å². The lowest BCUT2D eigenvalue weighted by Gasteiger charge is -2.19. The van der Waals surface area contributed by atoms with Crippen molar-refractivity contribution in [1.82, 2.24) is 14.5 Å². The number of pyridine rings is 1. The van der Waals surface area contributed by atoms with Gasteiger partial charge in [0.05, 0.1) is 6.04 Å². The molecule has 1 saturated carbocycles. The van der Waals surface area contributed by atoms with Crippen molar-refractivity contribution >= 4 is 5.95 Å². The van der Waals surface area contributed by atoms with E-state index in [0.29, 0.717) is 6.04 Å². The van der Waals surface area contributed by atoms with Gasteiger partial charge in [-0.3, -0.25) is 4.98 Å². The standard InChI is InChI=1S/C15H20N4/c1-12(13-6-8-16-9-7-13)19-11-10-17-15(19)18-14-4-2-3-5-14/h6-12,14H,2-5H2,1H3,(H,17,18). The van der Waals surface area contributed by atoms with Crippen molar-refractivity contribution in [2.75, 3.05) is 5.32 Å². The van der Waals surface area contributed by atoms with Crippen LogP contribution in [0.4, 0.5) is 5.95 Å². The van der Waals surface area contributed by atoms with Gasteiger partial charge in [-0.05, 0) is 37.5 Å². The van der Waals surface area contributed by atoms with Crippen molar-refractivity contribution < 1.29 is 0 Å². The SMILES string of the molecule is CC(c1ccncc1)n1ccnc1NC1CCCC1. The summed E-state index contributed by atoms with van der Waals surface area (Å²) in [7, 11) is 0. The van der Waals surface area contributed by atoms with Crippen molar-refractivity contribution in [3.05, 3.63) is 42.5 Å². The summed E-state index contributed by atoms with van der Waals surface area (Å²) in [6, 6.07) is 4.98. The Morgan fingerprint density at radius 3 is 2.68 bits per heavy atom. The van der Waals surface area contributed by atoms with Crippen molar-refractivity contribution in [3.63, 3.8) is 0 Å². The van der Waals surface area contributed by atoms with Crippen LogP contribution in [0.5, 0.6) is 0 Å². The third kappa shape index (κ3) is 2.62. The second-order valence-corrected chi connectivity index (χ2v) is 5.24. The van der Waals surface area contributed by atoms with Crippen LogP contribution in [0.25, 0.3) is 0 Å². The van der Waals surface area contributed by atoms with Gasteiger partial charge < -0.3 is 9.88 Å². The van der Waals surface area contributed by atoms with Gasteiger partial charge in [0.1, 0.15) is 0 Å². The lowest BCUT2D eigenvalue weighted by atomic mass is 10.1. The Labute approximate surface area is 113 Å². The molecule has 1 unspecified atom stereocenters. The Hall–Kier alpha value is -1.84. The Morgan fingerprint density at radius 1 is 1.21 bits per heavy atom. The first-order valence-corrected chi connectivity index (χ1v) is 7.04. The molecule has 1 fully saturated rings. The van der Waals surface area contributed by atoms with Gasteiger partial charge in [-0.1, -0.05) is 12.8 Å². The van der Waals surface area contributed by atoms with Crippen molar-refractivity contribution in [2.45, 2.75) is 44.7 Å². The molecule has 0 radical (unpaired) electrons. The third-order valence-electron chi connectivity index (χ3n) is 3.96. The van der Waals surface area contributed by atoms with Crippen molar-refractivity contribution in [2.24, 2.45) is 0 Å². The van der Waals surface area contributed by atoms with E-state index >= 15 is 0 Å². The summed E-state index contributed by atoms with van der Waals surface area (Å²) >= 11 is 0. The van der Waals surface area contributed by atoms with E-state index in [-0.39, 0.29) is 6.04 Å². The highest BCUT2D eigenvalue weighted by Crippen LogP contribution is 2.25. The molecule has 0 aliphatic heterocycles. The van der Waals surface area contributed by atoms with Crippen LogP contribution >= 0.6 is 0 Å². The monoisotopic (exact) mass is 256 g/mol. The summed E-state index contributed by atoms with van der Waals surface area (Å²) in [5.74, 6) is 0.983. The molecule has 1 N–H and O–H groups in total. The van der Waals surface area contributed by atoms with Gasteiger partial charge in [0, 0.05) is 30.8 Å². The second kappa shape index (κ2) is 5.43. The predicted octanol–water partition coefficient (Wildman–Crippen LogP) is 3.24. The van der Waals surface area contributed by atoms with Crippen LogP contribution in [0.1, 0.15) is 44.2 Å². The Morgan fingerprint density at radius 2 is 1.95 bits per heavy atom. The molecule has 1 aliphatic carbocycles. The fraction of sp³-hybridized carbons (Fsp3) is 0.467. The fourth-order valence-corrected chi connectivity index (χ4v) is 2.79. The molecule has 2 aromatic heterocycles. The molecule has 0 bridgehead atoms. The highest BCUT2D eigenvalue weighted by molar-refractivity contribution is 5.31. The normalized spacial score (nSPS) is 17.5. The highest BCUT2D eigenvalue weighted by atomic mass is 15.2. The van der Waals surface area contributed by atoms with Gasteiger partial charge >= 0.3 is 0 Å². The minimum atomic E-state index is 0.273. The largest absolute Gasteiger partial charge is 0.353 e. The van der Waals surface area contributed by atoms with Crippen LogP contribution in [0, 0.1) is 0 Å². The topological polar surface area (TPSA) is 42.7 Å². The molecule has 3 rings (SSSR count). The maximum absolute atomic E-state index is 4.46. The van der Waals surface area contributed by atoms with Crippen LogP contribution in [0.2, 0.25) is 0 Å².